The van der Waals surface area contributed by atoms with Crippen LogP contribution in [-0.2, 0) is 10.0 Å². The summed E-state index contributed by atoms with van der Waals surface area (Å²) in [5, 5.41) is 3.17. The van der Waals surface area contributed by atoms with Crippen molar-refractivity contribution in [2.75, 3.05) is 31.9 Å². The molecule has 0 bridgehead atoms. The molecule has 14 heavy (non-hydrogen) atoms. The molecule has 1 aliphatic heterocycles. The summed E-state index contributed by atoms with van der Waals surface area (Å²) in [6.45, 7) is 8.68. The number of nitrogens with zero attached hydrogens (tertiary/aromatic N) is 1. The Morgan fingerprint density at radius 1 is 1.43 bits per heavy atom. The second kappa shape index (κ2) is 4.16. The van der Waals surface area contributed by atoms with E-state index in [1.165, 1.54) is 0 Å². The van der Waals surface area contributed by atoms with Gasteiger partial charge >= 0.3 is 0 Å². The zero-order valence-electron chi connectivity index (χ0n) is 9.21. The third-order valence-electron chi connectivity index (χ3n) is 2.49. The quantitative estimate of drug-likeness (QED) is 0.690. The molecule has 1 rings (SSSR count). The molecule has 0 unspecified atom stereocenters. The van der Waals surface area contributed by atoms with Gasteiger partial charge in [-0.05, 0) is 5.41 Å². The molecule has 1 aliphatic rings. The maximum absolute atomic E-state index is 11.8. The molecule has 1 saturated heterocycles. The molecule has 0 aromatic heterocycles. The molecule has 0 saturated carbocycles. The lowest BCUT2D eigenvalue weighted by molar-refractivity contribution is 0.249. The van der Waals surface area contributed by atoms with Crippen LogP contribution in [0.1, 0.15) is 20.8 Å². The fourth-order valence-electron chi connectivity index (χ4n) is 1.70. The Morgan fingerprint density at radius 2 is 2.07 bits per heavy atom. The van der Waals surface area contributed by atoms with Crippen LogP contribution in [0.4, 0.5) is 0 Å². The van der Waals surface area contributed by atoms with Gasteiger partial charge in [-0.1, -0.05) is 20.8 Å². The second-order valence-corrected chi connectivity index (χ2v) is 6.67. The third kappa shape index (κ3) is 2.93. The molecule has 0 aliphatic carbocycles. The Labute approximate surface area is 86.7 Å². The van der Waals surface area contributed by atoms with Crippen LogP contribution >= 0.6 is 0 Å². The van der Waals surface area contributed by atoms with Gasteiger partial charge in [0.2, 0.25) is 10.0 Å². The predicted octanol–water partition coefficient (Wildman–Crippen LogP) is 0.267. The van der Waals surface area contributed by atoms with Crippen molar-refractivity contribution in [3.63, 3.8) is 0 Å². The molecule has 0 aromatic carbocycles. The number of hydrogen-bond acceptors (Lipinski definition) is 3. The highest BCUT2D eigenvalue weighted by Crippen LogP contribution is 2.19. The first kappa shape index (κ1) is 11.9. The SMILES string of the molecule is CCN1CC(C)(C)CNCCS1(=O)=O. The van der Waals surface area contributed by atoms with Crippen LogP contribution in [0, 0.1) is 5.41 Å². The van der Waals surface area contributed by atoms with Gasteiger partial charge in [-0.15, -0.1) is 0 Å². The van der Waals surface area contributed by atoms with E-state index in [2.05, 4.69) is 19.2 Å². The summed E-state index contributed by atoms with van der Waals surface area (Å²) in [4.78, 5) is 0. The molecule has 1 fully saturated rings. The number of sulfonamides is 1. The molecule has 0 amide bonds. The van der Waals surface area contributed by atoms with Crippen molar-refractivity contribution in [3.8, 4) is 0 Å². The minimum Gasteiger partial charge on any atom is -0.315 e. The van der Waals surface area contributed by atoms with E-state index in [0.29, 0.717) is 19.6 Å². The second-order valence-electron chi connectivity index (χ2n) is 4.58. The van der Waals surface area contributed by atoms with E-state index < -0.39 is 10.0 Å². The molecular formula is C9H20N2O2S. The summed E-state index contributed by atoms with van der Waals surface area (Å²) in [6, 6.07) is 0. The van der Waals surface area contributed by atoms with Gasteiger partial charge in [0.15, 0.2) is 0 Å². The summed E-state index contributed by atoms with van der Waals surface area (Å²) in [6.07, 6.45) is 0. The molecular weight excluding hydrogens is 200 g/mol. The normalized spacial score (nSPS) is 27.9. The number of nitrogens with one attached hydrogen (secondary N) is 1. The summed E-state index contributed by atoms with van der Waals surface area (Å²) in [5.74, 6) is 0.219. The summed E-state index contributed by atoms with van der Waals surface area (Å²) >= 11 is 0. The zero-order chi connectivity index (χ0) is 10.8. The van der Waals surface area contributed by atoms with E-state index >= 15 is 0 Å². The molecule has 84 valence electrons. The fourth-order valence-corrected chi connectivity index (χ4v) is 3.30. The summed E-state index contributed by atoms with van der Waals surface area (Å²) in [5.41, 5.74) is 0.0174. The number of hydrogen-bond donors (Lipinski definition) is 1. The van der Waals surface area contributed by atoms with Gasteiger partial charge in [-0.2, -0.15) is 0 Å². The highest BCUT2D eigenvalue weighted by atomic mass is 32.2. The summed E-state index contributed by atoms with van der Waals surface area (Å²) in [7, 11) is -3.03. The van der Waals surface area contributed by atoms with Gasteiger partial charge in [0, 0.05) is 26.2 Å². The van der Waals surface area contributed by atoms with Crippen LogP contribution in [0.15, 0.2) is 0 Å². The standard InChI is InChI=1S/C9H20N2O2S/c1-4-11-8-9(2,3)7-10-5-6-14(11,12)13/h10H,4-8H2,1-3H3. The first-order valence-electron chi connectivity index (χ1n) is 5.06. The van der Waals surface area contributed by atoms with E-state index in [4.69, 9.17) is 0 Å². The maximum Gasteiger partial charge on any atom is 0.215 e. The van der Waals surface area contributed by atoms with E-state index in [0.717, 1.165) is 6.54 Å². The number of rotatable bonds is 1. The highest BCUT2D eigenvalue weighted by molar-refractivity contribution is 7.89. The van der Waals surface area contributed by atoms with E-state index in [-0.39, 0.29) is 11.2 Å². The maximum atomic E-state index is 11.8. The van der Waals surface area contributed by atoms with Gasteiger partial charge in [-0.3, -0.25) is 0 Å². The van der Waals surface area contributed by atoms with Gasteiger partial charge in [0.1, 0.15) is 0 Å². The molecule has 1 heterocycles. The monoisotopic (exact) mass is 220 g/mol. The fraction of sp³-hybridized carbons (Fsp3) is 1.00. The largest absolute Gasteiger partial charge is 0.315 e. The Kier molecular flexibility index (Phi) is 3.55. The Hall–Kier alpha value is -0.130. The van der Waals surface area contributed by atoms with Crippen LogP contribution in [-0.4, -0.2) is 44.7 Å². The average Bonchev–Trinajstić information content (AvgIpc) is 2.07. The molecule has 0 atom stereocenters. The Morgan fingerprint density at radius 3 is 2.64 bits per heavy atom. The molecule has 0 radical (unpaired) electrons. The van der Waals surface area contributed by atoms with Gasteiger partial charge in [-0.25, -0.2) is 12.7 Å². The van der Waals surface area contributed by atoms with Crippen LogP contribution in [0.5, 0.6) is 0 Å². The van der Waals surface area contributed by atoms with Crippen molar-refractivity contribution in [3.05, 3.63) is 0 Å². The lowest BCUT2D eigenvalue weighted by Gasteiger charge is -2.34. The lowest BCUT2D eigenvalue weighted by Crippen LogP contribution is -2.48. The smallest absolute Gasteiger partial charge is 0.215 e. The van der Waals surface area contributed by atoms with Crippen LogP contribution < -0.4 is 5.32 Å². The van der Waals surface area contributed by atoms with Crippen LogP contribution in [0.25, 0.3) is 0 Å². The molecule has 4 nitrogen and oxygen atoms in total. The molecule has 5 heteroatoms. The van der Waals surface area contributed by atoms with Crippen molar-refractivity contribution in [2.45, 2.75) is 20.8 Å². The zero-order valence-corrected chi connectivity index (χ0v) is 10.0. The molecule has 0 spiro atoms. The van der Waals surface area contributed by atoms with Crippen molar-refractivity contribution < 1.29 is 8.42 Å². The molecule has 0 aromatic rings. The first-order chi connectivity index (χ1) is 6.37. The minimum atomic E-state index is -3.03. The highest BCUT2D eigenvalue weighted by Gasteiger charge is 2.30. The van der Waals surface area contributed by atoms with E-state index in [1.807, 2.05) is 6.92 Å². The Balaban J connectivity index is 2.85. The van der Waals surface area contributed by atoms with Crippen molar-refractivity contribution >= 4 is 10.0 Å². The van der Waals surface area contributed by atoms with Gasteiger partial charge < -0.3 is 5.32 Å². The van der Waals surface area contributed by atoms with Gasteiger partial charge in [0.05, 0.1) is 5.75 Å². The molecule has 1 N–H and O–H groups in total. The predicted molar refractivity (Wildman–Crippen MR) is 57.7 cm³/mol. The Bertz CT molecular complexity index is 285. The van der Waals surface area contributed by atoms with Crippen LogP contribution in [0.3, 0.4) is 0 Å². The van der Waals surface area contributed by atoms with Crippen LogP contribution in [0.2, 0.25) is 0 Å². The van der Waals surface area contributed by atoms with Gasteiger partial charge in [0.25, 0.3) is 0 Å². The van der Waals surface area contributed by atoms with Crippen molar-refractivity contribution in [2.24, 2.45) is 5.41 Å². The van der Waals surface area contributed by atoms with E-state index in [9.17, 15) is 8.42 Å². The lowest BCUT2D eigenvalue weighted by atomic mass is 9.93. The average molecular weight is 220 g/mol. The summed E-state index contributed by atoms with van der Waals surface area (Å²) < 4.78 is 25.1. The topological polar surface area (TPSA) is 49.4 Å². The third-order valence-corrected chi connectivity index (χ3v) is 4.38. The minimum absolute atomic E-state index is 0.0174. The van der Waals surface area contributed by atoms with Crippen molar-refractivity contribution in [1.29, 1.82) is 0 Å². The van der Waals surface area contributed by atoms with Crippen molar-refractivity contribution in [1.82, 2.24) is 9.62 Å². The van der Waals surface area contributed by atoms with E-state index in [1.54, 1.807) is 4.31 Å². The first-order valence-corrected chi connectivity index (χ1v) is 6.67.